The quantitative estimate of drug-likeness (QED) is 0.397. The van der Waals surface area contributed by atoms with Crippen LogP contribution < -0.4 is 0 Å². The largest absolute Gasteiger partial charge is 0.465 e. The first kappa shape index (κ1) is 22.2. The van der Waals surface area contributed by atoms with Gasteiger partial charge < -0.3 is 14.2 Å². The predicted molar refractivity (Wildman–Crippen MR) is 112 cm³/mol. The lowest BCUT2D eigenvalue weighted by molar-refractivity contribution is 0.0549. The number of para-hydroxylation sites is 1. The summed E-state index contributed by atoms with van der Waals surface area (Å²) in [7, 11) is 2.40. The maximum Gasteiger partial charge on any atom is 0.357 e. The molecule has 0 radical (unpaired) electrons. The van der Waals surface area contributed by atoms with Gasteiger partial charge in [-0.05, 0) is 24.6 Å². The molecule has 162 valence electrons. The molecule has 0 spiro atoms. The lowest BCUT2D eigenvalue weighted by atomic mass is 10.0. The molecule has 0 aliphatic rings. The minimum atomic E-state index is -0.784. The molecule has 0 aliphatic heterocycles. The number of benzene rings is 2. The van der Waals surface area contributed by atoms with E-state index in [9.17, 15) is 14.0 Å². The first-order valence-corrected chi connectivity index (χ1v) is 9.73. The van der Waals surface area contributed by atoms with E-state index in [0.29, 0.717) is 23.4 Å². The molecule has 0 bridgehead atoms. The molecule has 3 rings (SSSR count). The lowest BCUT2D eigenvalue weighted by Crippen LogP contribution is -2.15. The Morgan fingerprint density at radius 2 is 1.74 bits per heavy atom. The molecular formula is C23H23FN2O5. The standard InChI is InChI=1S/C23H23FN2O5/c1-4-12-31-14-16-11-10-15(13-18(16)24)20-19(22(27)29-2)21(23(28)30-3)26(25-20)17-8-6-5-7-9-17/h5-11,13H,4,12,14H2,1-3H3. The van der Waals surface area contributed by atoms with Crippen LogP contribution in [-0.2, 0) is 20.8 Å². The molecule has 8 heteroatoms. The molecule has 0 atom stereocenters. The van der Waals surface area contributed by atoms with Gasteiger partial charge in [-0.3, -0.25) is 0 Å². The Kier molecular flexibility index (Phi) is 7.15. The Bertz CT molecular complexity index is 1080. The molecule has 0 aliphatic carbocycles. The number of methoxy groups -OCH3 is 2. The average Bonchev–Trinajstić information content (AvgIpc) is 3.20. The number of hydrogen-bond acceptors (Lipinski definition) is 6. The van der Waals surface area contributed by atoms with E-state index in [-0.39, 0.29) is 23.6 Å². The fourth-order valence-corrected chi connectivity index (χ4v) is 3.09. The molecule has 1 aromatic heterocycles. The van der Waals surface area contributed by atoms with Crippen LogP contribution in [-0.4, -0.2) is 42.5 Å². The third kappa shape index (κ3) is 4.64. The van der Waals surface area contributed by atoms with E-state index in [4.69, 9.17) is 14.2 Å². The zero-order chi connectivity index (χ0) is 22.4. The number of halogens is 1. The Morgan fingerprint density at radius 3 is 2.35 bits per heavy atom. The molecule has 0 unspecified atom stereocenters. The van der Waals surface area contributed by atoms with Crippen LogP contribution >= 0.6 is 0 Å². The molecular weight excluding hydrogens is 403 g/mol. The summed E-state index contributed by atoms with van der Waals surface area (Å²) >= 11 is 0. The Hall–Kier alpha value is -3.52. The van der Waals surface area contributed by atoms with Gasteiger partial charge in [-0.2, -0.15) is 5.10 Å². The number of carbonyl (C=O) groups excluding carboxylic acids is 2. The third-order valence-electron chi connectivity index (χ3n) is 4.59. The van der Waals surface area contributed by atoms with Crippen LogP contribution in [0.1, 0.15) is 39.8 Å². The van der Waals surface area contributed by atoms with Crippen molar-refractivity contribution >= 4 is 11.9 Å². The maximum atomic E-state index is 14.7. The SMILES string of the molecule is CCCOCc1ccc(-c2nn(-c3ccccc3)c(C(=O)OC)c2C(=O)OC)cc1F. The number of nitrogens with zero attached hydrogens (tertiary/aromatic N) is 2. The van der Waals surface area contributed by atoms with Gasteiger partial charge in [0.25, 0.3) is 0 Å². The van der Waals surface area contributed by atoms with Crippen molar-refractivity contribution in [2.75, 3.05) is 20.8 Å². The highest BCUT2D eigenvalue weighted by atomic mass is 19.1. The van der Waals surface area contributed by atoms with Crippen molar-refractivity contribution in [3.8, 4) is 16.9 Å². The number of ether oxygens (including phenoxy) is 3. The van der Waals surface area contributed by atoms with E-state index in [1.54, 1.807) is 36.4 Å². The van der Waals surface area contributed by atoms with Crippen molar-refractivity contribution in [3.63, 3.8) is 0 Å². The number of carbonyl (C=O) groups is 2. The van der Waals surface area contributed by atoms with Crippen LogP contribution in [0.3, 0.4) is 0 Å². The molecule has 1 heterocycles. The minimum Gasteiger partial charge on any atom is -0.465 e. The molecule has 7 nitrogen and oxygen atoms in total. The normalized spacial score (nSPS) is 10.7. The zero-order valence-electron chi connectivity index (χ0n) is 17.6. The van der Waals surface area contributed by atoms with E-state index < -0.39 is 17.8 Å². The summed E-state index contributed by atoms with van der Waals surface area (Å²) in [5.41, 5.74) is 1.13. The molecule has 0 amide bonds. The van der Waals surface area contributed by atoms with Crippen LogP contribution in [0.25, 0.3) is 16.9 Å². The van der Waals surface area contributed by atoms with E-state index >= 15 is 0 Å². The van der Waals surface area contributed by atoms with Gasteiger partial charge in [0.05, 0.1) is 26.5 Å². The second kappa shape index (κ2) is 9.99. The van der Waals surface area contributed by atoms with E-state index in [0.717, 1.165) is 6.42 Å². The molecule has 3 aromatic rings. The zero-order valence-corrected chi connectivity index (χ0v) is 17.6. The third-order valence-corrected chi connectivity index (χ3v) is 4.59. The summed E-state index contributed by atoms with van der Waals surface area (Å²) in [5, 5.41) is 4.45. The minimum absolute atomic E-state index is 0.104. The average molecular weight is 426 g/mol. The van der Waals surface area contributed by atoms with Crippen molar-refractivity contribution in [1.29, 1.82) is 0 Å². The van der Waals surface area contributed by atoms with Gasteiger partial charge in [-0.1, -0.05) is 37.3 Å². The smallest absolute Gasteiger partial charge is 0.357 e. The first-order valence-electron chi connectivity index (χ1n) is 9.73. The highest BCUT2D eigenvalue weighted by molar-refractivity contribution is 6.06. The van der Waals surface area contributed by atoms with Gasteiger partial charge in [0.2, 0.25) is 0 Å². The van der Waals surface area contributed by atoms with Crippen LogP contribution in [0.2, 0.25) is 0 Å². The summed E-state index contributed by atoms with van der Waals surface area (Å²) < 4.78 is 31.2. The van der Waals surface area contributed by atoms with Gasteiger partial charge in [0.1, 0.15) is 17.1 Å². The Balaban J connectivity index is 2.18. The van der Waals surface area contributed by atoms with Crippen molar-refractivity contribution in [1.82, 2.24) is 9.78 Å². The summed E-state index contributed by atoms with van der Waals surface area (Å²) in [6.45, 7) is 2.63. The Labute approximate surface area is 179 Å². The number of esters is 2. The highest BCUT2D eigenvalue weighted by Crippen LogP contribution is 2.30. The van der Waals surface area contributed by atoms with Crippen LogP contribution in [0.15, 0.2) is 48.5 Å². The van der Waals surface area contributed by atoms with Gasteiger partial charge in [0.15, 0.2) is 5.69 Å². The van der Waals surface area contributed by atoms with Crippen LogP contribution in [0, 0.1) is 5.82 Å². The van der Waals surface area contributed by atoms with Crippen molar-refractivity contribution in [3.05, 3.63) is 71.2 Å². The maximum absolute atomic E-state index is 14.7. The molecule has 0 N–H and O–H groups in total. The fraction of sp³-hybridized carbons (Fsp3) is 0.261. The summed E-state index contributed by atoms with van der Waals surface area (Å²) in [4.78, 5) is 25.2. The van der Waals surface area contributed by atoms with Crippen molar-refractivity contribution < 1.29 is 28.2 Å². The number of aromatic nitrogens is 2. The van der Waals surface area contributed by atoms with Crippen LogP contribution in [0.5, 0.6) is 0 Å². The summed E-state index contributed by atoms with van der Waals surface area (Å²) in [5.74, 6) is -2.06. The molecule has 31 heavy (non-hydrogen) atoms. The van der Waals surface area contributed by atoms with E-state index in [1.165, 1.54) is 25.0 Å². The van der Waals surface area contributed by atoms with Gasteiger partial charge in [0, 0.05) is 17.7 Å². The number of hydrogen-bond donors (Lipinski definition) is 0. The van der Waals surface area contributed by atoms with Crippen molar-refractivity contribution in [2.45, 2.75) is 20.0 Å². The second-order valence-electron chi connectivity index (χ2n) is 6.66. The summed E-state index contributed by atoms with van der Waals surface area (Å²) in [6.07, 6.45) is 0.829. The van der Waals surface area contributed by atoms with Crippen molar-refractivity contribution in [2.24, 2.45) is 0 Å². The molecule has 0 fully saturated rings. The second-order valence-corrected chi connectivity index (χ2v) is 6.66. The van der Waals surface area contributed by atoms with Gasteiger partial charge in [-0.15, -0.1) is 0 Å². The topological polar surface area (TPSA) is 79.7 Å². The predicted octanol–water partition coefficient (Wildman–Crippen LogP) is 4.18. The first-order chi connectivity index (χ1) is 15.0. The fourth-order valence-electron chi connectivity index (χ4n) is 3.09. The van der Waals surface area contributed by atoms with Gasteiger partial charge in [-0.25, -0.2) is 18.7 Å². The Morgan fingerprint density at radius 1 is 1.03 bits per heavy atom. The lowest BCUT2D eigenvalue weighted by Gasteiger charge is -2.07. The molecule has 0 saturated carbocycles. The van der Waals surface area contributed by atoms with E-state index in [2.05, 4.69) is 5.10 Å². The highest BCUT2D eigenvalue weighted by Gasteiger charge is 2.31. The number of rotatable bonds is 8. The monoisotopic (exact) mass is 426 g/mol. The van der Waals surface area contributed by atoms with Crippen LogP contribution in [0.4, 0.5) is 4.39 Å². The van der Waals surface area contributed by atoms with E-state index in [1.807, 2.05) is 13.0 Å². The molecule has 2 aromatic carbocycles. The summed E-state index contributed by atoms with van der Waals surface area (Å²) in [6, 6.07) is 13.2. The van der Waals surface area contributed by atoms with Gasteiger partial charge >= 0.3 is 11.9 Å². The molecule has 0 saturated heterocycles.